The fourth-order valence-corrected chi connectivity index (χ4v) is 2.23. The van der Waals surface area contributed by atoms with Gasteiger partial charge < -0.3 is 10.5 Å². The van der Waals surface area contributed by atoms with Gasteiger partial charge in [-0.3, -0.25) is 0 Å². The van der Waals surface area contributed by atoms with Gasteiger partial charge in [0.1, 0.15) is 5.82 Å². The Hall–Kier alpha value is -0.450. The van der Waals surface area contributed by atoms with Gasteiger partial charge in [-0.1, -0.05) is 29.8 Å². The largest absolute Gasteiger partial charge is 0.376 e. The number of benzene rings is 1. The highest BCUT2D eigenvalue weighted by Gasteiger charge is 2.25. The van der Waals surface area contributed by atoms with Crippen LogP contribution in [0.15, 0.2) is 22.7 Å². The highest BCUT2D eigenvalue weighted by molar-refractivity contribution is 9.10. The molecule has 0 fully saturated rings. The van der Waals surface area contributed by atoms with Gasteiger partial charge in [0.25, 0.3) is 0 Å². The third-order valence-electron chi connectivity index (χ3n) is 2.69. The van der Waals surface area contributed by atoms with Gasteiger partial charge in [0.15, 0.2) is 0 Å². The Balaban J connectivity index is 2.99. The number of nitrogens with two attached hydrogens (primary N) is 1. The van der Waals surface area contributed by atoms with Crippen molar-refractivity contribution in [3.63, 3.8) is 0 Å². The maximum atomic E-state index is 13.7. The van der Waals surface area contributed by atoms with E-state index in [0.717, 1.165) is 4.47 Å². The van der Waals surface area contributed by atoms with Crippen LogP contribution in [0.5, 0.6) is 0 Å². The molecule has 0 amide bonds. The molecular weight excluding hydrogens is 285 g/mol. The number of ether oxygens (including phenoxy) is 1. The van der Waals surface area contributed by atoms with Crippen LogP contribution in [-0.2, 0) is 4.74 Å². The Morgan fingerprint density at radius 3 is 2.59 bits per heavy atom. The zero-order valence-corrected chi connectivity index (χ0v) is 12.0. The monoisotopic (exact) mass is 303 g/mol. The van der Waals surface area contributed by atoms with E-state index in [9.17, 15) is 4.39 Å². The standard InChI is InChI=1S/C13H19BrFNO/c1-4-17-13(8(2)3)12(16)10-7-9(14)5-6-11(10)15/h5-8,12-13H,4,16H2,1-3H3. The van der Waals surface area contributed by atoms with Crippen molar-refractivity contribution in [1.82, 2.24) is 0 Å². The Kier molecular flexibility index (Phi) is 5.56. The third kappa shape index (κ3) is 3.76. The molecule has 0 heterocycles. The summed E-state index contributed by atoms with van der Waals surface area (Å²) in [6.07, 6.45) is -0.177. The first kappa shape index (κ1) is 14.6. The molecule has 1 aromatic carbocycles. The lowest BCUT2D eigenvalue weighted by molar-refractivity contribution is 0.0114. The van der Waals surface area contributed by atoms with Gasteiger partial charge >= 0.3 is 0 Å². The predicted octanol–water partition coefficient (Wildman–Crippen LogP) is 3.65. The van der Waals surface area contributed by atoms with Crippen molar-refractivity contribution >= 4 is 15.9 Å². The SMILES string of the molecule is CCOC(C(C)C)C(N)c1cc(Br)ccc1F. The van der Waals surface area contributed by atoms with Gasteiger partial charge in [-0.25, -0.2) is 4.39 Å². The summed E-state index contributed by atoms with van der Waals surface area (Å²) in [7, 11) is 0. The second-order valence-electron chi connectivity index (χ2n) is 4.36. The number of hydrogen-bond acceptors (Lipinski definition) is 2. The van der Waals surface area contributed by atoms with Gasteiger partial charge in [-0.05, 0) is 31.0 Å². The maximum absolute atomic E-state index is 13.7. The van der Waals surface area contributed by atoms with Crippen molar-refractivity contribution in [1.29, 1.82) is 0 Å². The summed E-state index contributed by atoms with van der Waals surface area (Å²) in [4.78, 5) is 0. The first-order chi connectivity index (χ1) is 7.97. The first-order valence-corrected chi connectivity index (χ1v) is 6.58. The van der Waals surface area contributed by atoms with E-state index in [4.69, 9.17) is 10.5 Å². The molecule has 0 aliphatic carbocycles. The fourth-order valence-electron chi connectivity index (χ4n) is 1.85. The van der Waals surface area contributed by atoms with E-state index < -0.39 is 6.04 Å². The normalized spacial score (nSPS) is 15.0. The summed E-state index contributed by atoms with van der Waals surface area (Å²) >= 11 is 3.33. The van der Waals surface area contributed by atoms with Gasteiger partial charge in [0, 0.05) is 16.6 Å². The van der Waals surface area contributed by atoms with E-state index in [0.29, 0.717) is 12.2 Å². The topological polar surface area (TPSA) is 35.2 Å². The third-order valence-corrected chi connectivity index (χ3v) is 3.18. The molecule has 0 aliphatic rings. The van der Waals surface area contributed by atoms with Crippen molar-refractivity contribution in [2.45, 2.75) is 32.9 Å². The van der Waals surface area contributed by atoms with E-state index in [1.165, 1.54) is 6.07 Å². The van der Waals surface area contributed by atoms with Crippen LogP contribution in [0.2, 0.25) is 0 Å². The van der Waals surface area contributed by atoms with E-state index in [-0.39, 0.29) is 17.8 Å². The Bertz CT molecular complexity index is 370. The summed E-state index contributed by atoms with van der Waals surface area (Å²) in [5.41, 5.74) is 6.60. The highest BCUT2D eigenvalue weighted by Crippen LogP contribution is 2.27. The zero-order valence-electron chi connectivity index (χ0n) is 10.4. The smallest absolute Gasteiger partial charge is 0.128 e. The summed E-state index contributed by atoms with van der Waals surface area (Å²) in [5.74, 6) is -0.0469. The molecular formula is C13H19BrFNO. The van der Waals surface area contributed by atoms with Crippen LogP contribution < -0.4 is 5.73 Å². The molecule has 96 valence electrons. The van der Waals surface area contributed by atoms with Gasteiger partial charge in [-0.2, -0.15) is 0 Å². The zero-order chi connectivity index (χ0) is 13.0. The number of rotatable bonds is 5. The molecule has 1 aromatic rings. The van der Waals surface area contributed by atoms with Crippen molar-refractivity contribution in [2.24, 2.45) is 11.7 Å². The molecule has 2 unspecified atom stereocenters. The molecule has 0 aromatic heterocycles. The molecule has 0 saturated carbocycles. The molecule has 4 heteroatoms. The van der Waals surface area contributed by atoms with Crippen LogP contribution in [0.4, 0.5) is 4.39 Å². The van der Waals surface area contributed by atoms with Crippen LogP contribution >= 0.6 is 15.9 Å². The van der Waals surface area contributed by atoms with Crippen LogP contribution in [0.25, 0.3) is 0 Å². The van der Waals surface area contributed by atoms with Gasteiger partial charge in [-0.15, -0.1) is 0 Å². The first-order valence-electron chi connectivity index (χ1n) is 5.79. The average molecular weight is 304 g/mol. The Morgan fingerprint density at radius 1 is 1.41 bits per heavy atom. The molecule has 2 atom stereocenters. The quantitative estimate of drug-likeness (QED) is 0.901. The van der Waals surface area contributed by atoms with Crippen LogP contribution in [0.1, 0.15) is 32.4 Å². The maximum Gasteiger partial charge on any atom is 0.128 e. The van der Waals surface area contributed by atoms with Gasteiger partial charge in [0.2, 0.25) is 0 Å². The Labute approximate surface area is 110 Å². The van der Waals surface area contributed by atoms with E-state index in [1.807, 2.05) is 20.8 Å². The summed E-state index contributed by atoms with van der Waals surface area (Å²) in [6, 6.07) is 4.35. The molecule has 0 bridgehead atoms. The summed E-state index contributed by atoms with van der Waals surface area (Å²) < 4.78 is 20.2. The molecule has 0 aliphatic heterocycles. The van der Waals surface area contributed by atoms with E-state index >= 15 is 0 Å². The van der Waals surface area contributed by atoms with Crippen LogP contribution in [0, 0.1) is 11.7 Å². The van der Waals surface area contributed by atoms with Gasteiger partial charge in [0.05, 0.1) is 12.1 Å². The minimum absolute atomic E-state index is 0.177. The molecule has 0 radical (unpaired) electrons. The minimum atomic E-state index is -0.451. The highest BCUT2D eigenvalue weighted by atomic mass is 79.9. The number of hydrogen-bond donors (Lipinski definition) is 1. The second-order valence-corrected chi connectivity index (χ2v) is 5.27. The van der Waals surface area contributed by atoms with Crippen molar-refractivity contribution < 1.29 is 9.13 Å². The molecule has 0 spiro atoms. The lowest BCUT2D eigenvalue weighted by Crippen LogP contribution is -2.34. The average Bonchev–Trinajstić information content (AvgIpc) is 2.28. The second kappa shape index (κ2) is 6.47. The van der Waals surface area contributed by atoms with E-state index in [2.05, 4.69) is 15.9 Å². The molecule has 2 N–H and O–H groups in total. The van der Waals surface area contributed by atoms with Crippen molar-refractivity contribution in [3.05, 3.63) is 34.1 Å². The molecule has 1 rings (SSSR count). The molecule has 17 heavy (non-hydrogen) atoms. The fraction of sp³-hybridized carbons (Fsp3) is 0.538. The minimum Gasteiger partial charge on any atom is -0.376 e. The molecule has 2 nitrogen and oxygen atoms in total. The lowest BCUT2D eigenvalue weighted by Gasteiger charge is -2.27. The van der Waals surface area contributed by atoms with Crippen LogP contribution in [-0.4, -0.2) is 12.7 Å². The van der Waals surface area contributed by atoms with Crippen molar-refractivity contribution in [2.75, 3.05) is 6.61 Å². The van der Waals surface area contributed by atoms with E-state index in [1.54, 1.807) is 12.1 Å². The Morgan fingerprint density at radius 2 is 2.06 bits per heavy atom. The summed E-state index contributed by atoms with van der Waals surface area (Å²) in [5, 5.41) is 0. The van der Waals surface area contributed by atoms with Crippen molar-refractivity contribution in [3.8, 4) is 0 Å². The number of halogens is 2. The predicted molar refractivity (Wildman–Crippen MR) is 71.3 cm³/mol. The van der Waals surface area contributed by atoms with Crippen LogP contribution in [0.3, 0.4) is 0 Å². The lowest BCUT2D eigenvalue weighted by atomic mass is 9.94. The molecule has 0 saturated heterocycles. The summed E-state index contributed by atoms with van der Waals surface area (Å²) in [6.45, 7) is 6.54.